The van der Waals surface area contributed by atoms with Gasteiger partial charge in [-0.3, -0.25) is 0 Å². The van der Waals surface area contributed by atoms with E-state index in [4.69, 9.17) is 11.6 Å². The number of nitrogens with one attached hydrogen (secondary N) is 1. The van der Waals surface area contributed by atoms with E-state index in [-0.39, 0.29) is 16.9 Å². The summed E-state index contributed by atoms with van der Waals surface area (Å²) in [5.74, 6) is -0.373. The quantitative estimate of drug-likeness (QED) is 0.802. The highest BCUT2D eigenvalue weighted by atomic mass is 35.5. The zero-order valence-corrected chi connectivity index (χ0v) is 13.5. The van der Waals surface area contributed by atoms with E-state index in [1.807, 2.05) is 6.07 Å². The Morgan fingerprint density at radius 1 is 1.14 bits per heavy atom. The molecule has 0 fully saturated rings. The van der Waals surface area contributed by atoms with E-state index >= 15 is 0 Å². The molecule has 0 amide bonds. The summed E-state index contributed by atoms with van der Waals surface area (Å²) < 4.78 is 13.8. The first-order valence-corrected chi connectivity index (χ1v) is 7.66. The Labute approximate surface area is 131 Å². The fourth-order valence-corrected chi connectivity index (χ4v) is 2.85. The van der Waals surface area contributed by atoms with Crippen LogP contribution >= 0.6 is 11.6 Å². The summed E-state index contributed by atoms with van der Waals surface area (Å²) in [5, 5.41) is 3.67. The Bertz CT molecular complexity index is 604. The first kappa shape index (κ1) is 16.0. The van der Waals surface area contributed by atoms with Gasteiger partial charge in [-0.1, -0.05) is 60.0 Å². The van der Waals surface area contributed by atoms with Crippen LogP contribution in [0.25, 0.3) is 0 Å². The SMILES string of the molecule is CCCNC(c1cc(C)cc(C)c1)c1cccc(F)c1Cl. The summed E-state index contributed by atoms with van der Waals surface area (Å²) in [6, 6.07) is 11.3. The summed E-state index contributed by atoms with van der Waals surface area (Å²) >= 11 is 6.18. The first-order valence-electron chi connectivity index (χ1n) is 7.28. The summed E-state index contributed by atoms with van der Waals surface area (Å²) in [4.78, 5) is 0. The second kappa shape index (κ2) is 7.06. The molecule has 0 heterocycles. The molecule has 0 radical (unpaired) electrons. The molecule has 0 saturated carbocycles. The molecule has 0 aromatic heterocycles. The van der Waals surface area contributed by atoms with Gasteiger partial charge >= 0.3 is 0 Å². The molecule has 2 rings (SSSR count). The molecule has 1 unspecified atom stereocenters. The predicted molar refractivity (Wildman–Crippen MR) is 87.5 cm³/mol. The van der Waals surface area contributed by atoms with Crippen LogP contribution in [0.4, 0.5) is 4.39 Å². The topological polar surface area (TPSA) is 12.0 Å². The highest BCUT2D eigenvalue weighted by molar-refractivity contribution is 6.31. The van der Waals surface area contributed by atoms with Gasteiger partial charge in [-0.2, -0.15) is 0 Å². The van der Waals surface area contributed by atoms with Crippen molar-refractivity contribution in [3.63, 3.8) is 0 Å². The van der Waals surface area contributed by atoms with E-state index in [0.717, 1.165) is 24.1 Å². The zero-order chi connectivity index (χ0) is 15.4. The van der Waals surface area contributed by atoms with Gasteiger partial charge in [0, 0.05) is 0 Å². The van der Waals surface area contributed by atoms with Crippen molar-refractivity contribution in [1.82, 2.24) is 5.32 Å². The van der Waals surface area contributed by atoms with Gasteiger partial charge in [0.05, 0.1) is 11.1 Å². The molecule has 2 aromatic carbocycles. The van der Waals surface area contributed by atoms with Crippen LogP contribution in [0.1, 0.15) is 41.6 Å². The number of hydrogen-bond acceptors (Lipinski definition) is 1. The van der Waals surface area contributed by atoms with E-state index in [1.54, 1.807) is 6.07 Å². The van der Waals surface area contributed by atoms with E-state index in [2.05, 4.69) is 44.3 Å². The van der Waals surface area contributed by atoms with E-state index in [1.165, 1.54) is 17.2 Å². The Hall–Kier alpha value is -1.38. The third kappa shape index (κ3) is 3.84. The standard InChI is InChI=1S/C18H21ClFN/c1-4-8-21-18(14-10-12(2)9-13(3)11-14)15-6-5-7-16(20)17(15)19/h5-7,9-11,18,21H,4,8H2,1-3H3. The molecule has 1 N–H and O–H groups in total. The van der Waals surface area contributed by atoms with Gasteiger partial charge < -0.3 is 5.32 Å². The predicted octanol–water partition coefficient (Wildman–Crippen LogP) is 5.18. The van der Waals surface area contributed by atoms with Crippen molar-refractivity contribution < 1.29 is 4.39 Å². The van der Waals surface area contributed by atoms with Crippen molar-refractivity contribution in [2.75, 3.05) is 6.54 Å². The summed E-state index contributed by atoms with van der Waals surface area (Å²) in [6.07, 6.45) is 1.01. The molecule has 0 spiro atoms. The largest absolute Gasteiger partial charge is 0.306 e. The highest BCUT2D eigenvalue weighted by Crippen LogP contribution is 2.31. The van der Waals surface area contributed by atoms with Crippen LogP contribution in [-0.4, -0.2) is 6.54 Å². The molecule has 0 aliphatic rings. The van der Waals surface area contributed by atoms with Crippen molar-refractivity contribution in [3.05, 3.63) is 69.5 Å². The normalized spacial score (nSPS) is 12.4. The van der Waals surface area contributed by atoms with Gasteiger partial charge in [0.15, 0.2) is 0 Å². The molecular weight excluding hydrogens is 285 g/mol. The molecule has 3 heteroatoms. The molecular formula is C18H21ClFN. The zero-order valence-electron chi connectivity index (χ0n) is 12.7. The van der Waals surface area contributed by atoms with E-state index < -0.39 is 0 Å². The van der Waals surface area contributed by atoms with Gasteiger partial charge in [0.2, 0.25) is 0 Å². The van der Waals surface area contributed by atoms with E-state index in [9.17, 15) is 4.39 Å². The van der Waals surface area contributed by atoms with Gasteiger partial charge in [-0.05, 0) is 44.0 Å². The third-order valence-corrected chi connectivity index (χ3v) is 3.87. The molecule has 0 saturated heterocycles. The van der Waals surface area contributed by atoms with Crippen LogP contribution in [0.15, 0.2) is 36.4 Å². The Morgan fingerprint density at radius 3 is 2.43 bits per heavy atom. The minimum atomic E-state index is -0.373. The lowest BCUT2D eigenvalue weighted by atomic mass is 9.95. The van der Waals surface area contributed by atoms with Crippen LogP contribution in [0.2, 0.25) is 5.02 Å². The van der Waals surface area contributed by atoms with Crippen molar-refractivity contribution in [2.24, 2.45) is 0 Å². The van der Waals surface area contributed by atoms with E-state index in [0.29, 0.717) is 0 Å². The first-order chi connectivity index (χ1) is 10.0. The van der Waals surface area contributed by atoms with Gasteiger partial charge in [0.25, 0.3) is 0 Å². The highest BCUT2D eigenvalue weighted by Gasteiger charge is 2.18. The Balaban J connectivity index is 2.49. The molecule has 1 nitrogen and oxygen atoms in total. The molecule has 0 aliphatic heterocycles. The van der Waals surface area contributed by atoms with Crippen molar-refractivity contribution in [1.29, 1.82) is 0 Å². The van der Waals surface area contributed by atoms with Gasteiger partial charge in [0.1, 0.15) is 5.82 Å². The molecule has 1 atom stereocenters. The van der Waals surface area contributed by atoms with Crippen LogP contribution in [0.3, 0.4) is 0 Å². The van der Waals surface area contributed by atoms with Crippen molar-refractivity contribution in [3.8, 4) is 0 Å². The summed E-state index contributed by atoms with van der Waals surface area (Å²) in [7, 11) is 0. The number of rotatable bonds is 5. The minimum absolute atomic E-state index is 0.0910. The lowest BCUT2D eigenvalue weighted by Crippen LogP contribution is -2.24. The molecule has 112 valence electrons. The Morgan fingerprint density at radius 2 is 1.81 bits per heavy atom. The van der Waals surface area contributed by atoms with Crippen LogP contribution < -0.4 is 5.32 Å². The molecule has 0 aliphatic carbocycles. The maximum Gasteiger partial charge on any atom is 0.142 e. The number of hydrogen-bond donors (Lipinski definition) is 1. The maximum atomic E-state index is 13.8. The fourth-order valence-electron chi connectivity index (χ4n) is 2.62. The van der Waals surface area contributed by atoms with Gasteiger partial charge in [-0.25, -0.2) is 4.39 Å². The summed E-state index contributed by atoms with van der Waals surface area (Å²) in [5.41, 5.74) is 4.30. The monoisotopic (exact) mass is 305 g/mol. The smallest absolute Gasteiger partial charge is 0.142 e. The van der Waals surface area contributed by atoms with Crippen molar-refractivity contribution >= 4 is 11.6 Å². The molecule has 2 aromatic rings. The molecule has 0 bridgehead atoms. The summed E-state index contributed by atoms with van der Waals surface area (Å²) in [6.45, 7) is 7.10. The fraction of sp³-hybridized carbons (Fsp3) is 0.333. The van der Waals surface area contributed by atoms with Crippen molar-refractivity contribution in [2.45, 2.75) is 33.2 Å². The minimum Gasteiger partial charge on any atom is -0.306 e. The average molecular weight is 306 g/mol. The lowest BCUT2D eigenvalue weighted by molar-refractivity contribution is 0.585. The van der Waals surface area contributed by atoms with Gasteiger partial charge in [-0.15, -0.1) is 0 Å². The lowest BCUT2D eigenvalue weighted by Gasteiger charge is -2.22. The number of aryl methyl sites for hydroxylation is 2. The third-order valence-electron chi connectivity index (χ3n) is 3.47. The van der Waals surface area contributed by atoms with Crippen LogP contribution in [-0.2, 0) is 0 Å². The Kier molecular flexibility index (Phi) is 5.38. The maximum absolute atomic E-state index is 13.8. The van der Waals surface area contributed by atoms with Crippen LogP contribution in [0.5, 0.6) is 0 Å². The second-order valence-corrected chi connectivity index (χ2v) is 5.83. The number of halogens is 2. The average Bonchev–Trinajstić information content (AvgIpc) is 2.42. The number of benzene rings is 2. The molecule has 21 heavy (non-hydrogen) atoms. The van der Waals surface area contributed by atoms with Crippen LogP contribution in [0, 0.1) is 19.7 Å². The second-order valence-electron chi connectivity index (χ2n) is 5.45.